The number of benzene rings is 2. The Hall–Kier alpha value is -3.47. The van der Waals surface area contributed by atoms with E-state index in [1.54, 1.807) is 6.20 Å². The van der Waals surface area contributed by atoms with Crippen molar-refractivity contribution in [2.75, 3.05) is 5.32 Å². The van der Waals surface area contributed by atoms with Gasteiger partial charge in [0.25, 0.3) is 5.91 Å². The number of aromatic nitrogens is 3. The smallest absolute Gasteiger partial charge is 0.276 e. The lowest BCUT2D eigenvalue weighted by Gasteiger charge is -2.08. The van der Waals surface area contributed by atoms with Crippen LogP contribution in [0.5, 0.6) is 0 Å². The lowest BCUT2D eigenvalue weighted by atomic mass is 10.1. The van der Waals surface area contributed by atoms with Crippen molar-refractivity contribution in [1.29, 1.82) is 0 Å². The summed E-state index contributed by atoms with van der Waals surface area (Å²) in [6.45, 7) is 0. The Labute approximate surface area is 156 Å². The molecule has 0 saturated heterocycles. The van der Waals surface area contributed by atoms with E-state index in [0.29, 0.717) is 5.69 Å². The number of anilines is 1. The molecule has 2 aromatic carbocycles. The van der Waals surface area contributed by atoms with Gasteiger partial charge in [-0.05, 0) is 55.7 Å². The summed E-state index contributed by atoms with van der Waals surface area (Å²) >= 11 is 0. The zero-order valence-corrected chi connectivity index (χ0v) is 14.7. The van der Waals surface area contributed by atoms with Crippen molar-refractivity contribution < 1.29 is 4.79 Å². The molecule has 0 atom stereocenters. The molecule has 132 valence electrons. The summed E-state index contributed by atoms with van der Waals surface area (Å²) in [5, 5.41) is 8.63. The first-order chi connectivity index (χ1) is 13.3. The van der Waals surface area contributed by atoms with E-state index in [2.05, 4.69) is 15.4 Å². The molecule has 0 unspecified atom stereocenters. The molecule has 1 N–H and O–H groups in total. The third-order valence-electron chi connectivity index (χ3n) is 5.04. The second kappa shape index (κ2) is 6.36. The maximum absolute atomic E-state index is 13.1. The molecular weight excluding hydrogens is 336 g/mol. The Balaban J connectivity index is 1.54. The Morgan fingerprint density at radius 1 is 0.963 bits per heavy atom. The highest BCUT2D eigenvalue weighted by molar-refractivity contribution is 6.08. The van der Waals surface area contributed by atoms with E-state index in [9.17, 15) is 4.79 Å². The fourth-order valence-corrected chi connectivity index (χ4v) is 3.80. The van der Waals surface area contributed by atoms with E-state index in [1.807, 2.05) is 65.3 Å². The summed E-state index contributed by atoms with van der Waals surface area (Å²) in [5.41, 5.74) is 5.33. The van der Waals surface area contributed by atoms with Gasteiger partial charge < -0.3 is 5.32 Å². The predicted molar refractivity (Wildman–Crippen MR) is 105 cm³/mol. The van der Waals surface area contributed by atoms with Crippen molar-refractivity contribution in [3.8, 4) is 5.69 Å². The molecule has 2 heterocycles. The van der Waals surface area contributed by atoms with Crippen molar-refractivity contribution in [1.82, 2.24) is 14.8 Å². The topological polar surface area (TPSA) is 59.8 Å². The van der Waals surface area contributed by atoms with E-state index in [0.717, 1.165) is 52.8 Å². The van der Waals surface area contributed by atoms with Crippen molar-refractivity contribution in [2.24, 2.45) is 0 Å². The first-order valence-electron chi connectivity index (χ1n) is 9.12. The molecule has 5 rings (SSSR count). The van der Waals surface area contributed by atoms with Gasteiger partial charge in [0, 0.05) is 22.8 Å². The van der Waals surface area contributed by atoms with Crippen LogP contribution in [0.3, 0.4) is 0 Å². The third-order valence-corrected chi connectivity index (χ3v) is 5.04. The standard InChI is InChI=1S/C22H18N4O/c27-22(24-19-12-5-11-18-16(19)10-6-14-23-18)21-17-9-4-13-20(17)26(25-21)15-7-2-1-3-8-15/h1-3,5-8,10-12,14H,4,9,13H2,(H,24,27). The fraction of sp³-hybridized carbons (Fsp3) is 0.136. The number of carbonyl (C=O) groups is 1. The van der Waals surface area contributed by atoms with E-state index >= 15 is 0 Å². The first kappa shape index (κ1) is 15.8. The van der Waals surface area contributed by atoms with Crippen LogP contribution in [0, 0.1) is 0 Å². The quantitative estimate of drug-likeness (QED) is 0.601. The van der Waals surface area contributed by atoms with Crippen molar-refractivity contribution in [3.63, 3.8) is 0 Å². The van der Waals surface area contributed by atoms with Crippen molar-refractivity contribution in [3.05, 3.63) is 83.8 Å². The van der Waals surface area contributed by atoms with Crippen LogP contribution in [0.4, 0.5) is 5.69 Å². The molecule has 5 nitrogen and oxygen atoms in total. The average molecular weight is 354 g/mol. The summed E-state index contributed by atoms with van der Waals surface area (Å²) in [5.74, 6) is -0.167. The molecule has 0 bridgehead atoms. The minimum absolute atomic E-state index is 0.167. The molecule has 0 radical (unpaired) electrons. The molecule has 0 saturated carbocycles. The molecule has 1 aliphatic carbocycles. The number of para-hydroxylation sites is 1. The summed E-state index contributed by atoms with van der Waals surface area (Å²) in [7, 11) is 0. The molecule has 4 aromatic rings. The van der Waals surface area contributed by atoms with Gasteiger partial charge in [-0.15, -0.1) is 0 Å². The zero-order valence-electron chi connectivity index (χ0n) is 14.7. The van der Waals surface area contributed by atoms with E-state index in [1.165, 1.54) is 0 Å². The molecule has 0 aliphatic heterocycles. The summed E-state index contributed by atoms with van der Waals surface area (Å²) in [4.78, 5) is 17.4. The SMILES string of the molecule is O=C(Nc1cccc2ncccc12)c1nn(-c2ccccc2)c2c1CCC2. The van der Waals surface area contributed by atoms with Gasteiger partial charge in [-0.25, -0.2) is 4.68 Å². The highest BCUT2D eigenvalue weighted by Gasteiger charge is 2.27. The van der Waals surface area contributed by atoms with Crippen LogP contribution in [0.25, 0.3) is 16.6 Å². The molecule has 0 spiro atoms. The third kappa shape index (κ3) is 2.68. The number of nitrogens with one attached hydrogen (secondary N) is 1. The minimum Gasteiger partial charge on any atom is -0.320 e. The molecule has 0 fully saturated rings. The molecule has 1 amide bonds. The van der Waals surface area contributed by atoms with Gasteiger partial charge in [0.2, 0.25) is 0 Å². The molecule has 5 heteroatoms. The number of nitrogens with zero attached hydrogens (tertiary/aromatic N) is 3. The maximum atomic E-state index is 13.1. The number of fused-ring (bicyclic) bond motifs is 2. The highest BCUT2D eigenvalue weighted by Crippen LogP contribution is 2.29. The number of hydrogen-bond donors (Lipinski definition) is 1. The molecule has 1 aliphatic rings. The average Bonchev–Trinajstić information content (AvgIpc) is 3.31. The van der Waals surface area contributed by atoms with Gasteiger partial charge in [0.05, 0.1) is 16.9 Å². The Morgan fingerprint density at radius 3 is 2.74 bits per heavy atom. The Bertz CT molecular complexity index is 1140. The van der Waals surface area contributed by atoms with Crippen LogP contribution in [-0.4, -0.2) is 20.7 Å². The second-order valence-electron chi connectivity index (χ2n) is 6.70. The monoisotopic (exact) mass is 354 g/mol. The number of pyridine rings is 1. The van der Waals surface area contributed by atoms with Gasteiger partial charge in [0.15, 0.2) is 5.69 Å². The second-order valence-corrected chi connectivity index (χ2v) is 6.70. The fourth-order valence-electron chi connectivity index (χ4n) is 3.80. The predicted octanol–water partition coefficient (Wildman–Crippen LogP) is 4.16. The summed E-state index contributed by atoms with van der Waals surface area (Å²) < 4.78 is 1.92. The summed E-state index contributed by atoms with van der Waals surface area (Å²) in [6, 6.07) is 19.6. The van der Waals surface area contributed by atoms with Crippen molar-refractivity contribution in [2.45, 2.75) is 19.3 Å². The van der Waals surface area contributed by atoms with Crippen LogP contribution < -0.4 is 5.32 Å². The van der Waals surface area contributed by atoms with Crippen LogP contribution in [0.1, 0.15) is 28.2 Å². The van der Waals surface area contributed by atoms with Gasteiger partial charge in [0.1, 0.15) is 0 Å². The van der Waals surface area contributed by atoms with E-state index in [-0.39, 0.29) is 5.91 Å². The zero-order chi connectivity index (χ0) is 18.2. The van der Waals surface area contributed by atoms with E-state index < -0.39 is 0 Å². The van der Waals surface area contributed by atoms with Crippen LogP contribution in [0.2, 0.25) is 0 Å². The van der Waals surface area contributed by atoms with Gasteiger partial charge in [-0.3, -0.25) is 9.78 Å². The lowest BCUT2D eigenvalue weighted by molar-refractivity contribution is 0.102. The first-order valence-corrected chi connectivity index (χ1v) is 9.12. The normalized spacial score (nSPS) is 12.9. The van der Waals surface area contributed by atoms with Gasteiger partial charge in [-0.2, -0.15) is 5.10 Å². The van der Waals surface area contributed by atoms with E-state index in [4.69, 9.17) is 0 Å². The maximum Gasteiger partial charge on any atom is 0.276 e. The molecule has 2 aromatic heterocycles. The number of rotatable bonds is 3. The largest absolute Gasteiger partial charge is 0.320 e. The Kier molecular flexibility index (Phi) is 3.71. The van der Waals surface area contributed by atoms with Crippen LogP contribution >= 0.6 is 0 Å². The van der Waals surface area contributed by atoms with Crippen LogP contribution in [-0.2, 0) is 12.8 Å². The number of carbonyl (C=O) groups excluding carboxylic acids is 1. The highest BCUT2D eigenvalue weighted by atomic mass is 16.2. The number of hydrogen-bond acceptors (Lipinski definition) is 3. The Morgan fingerprint density at radius 2 is 1.85 bits per heavy atom. The van der Waals surface area contributed by atoms with Gasteiger partial charge in [-0.1, -0.05) is 24.3 Å². The van der Waals surface area contributed by atoms with Gasteiger partial charge >= 0.3 is 0 Å². The van der Waals surface area contributed by atoms with Crippen LogP contribution in [0.15, 0.2) is 66.9 Å². The molecule has 27 heavy (non-hydrogen) atoms. The van der Waals surface area contributed by atoms with Crippen molar-refractivity contribution >= 4 is 22.5 Å². The molecular formula is C22H18N4O. The summed E-state index contributed by atoms with van der Waals surface area (Å²) in [6.07, 6.45) is 4.64. The number of amides is 1. The minimum atomic E-state index is -0.167. The lowest BCUT2D eigenvalue weighted by Crippen LogP contribution is -2.15.